The molecule has 0 aliphatic rings. The maximum Gasteiger partial charge on any atom is 0.0314 e. The molecule has 0 radical (unpaired) electrons. The Morgan fingerprint density at radius 3 is 1.04 bits per heavy atom. The molecule has 0 amide bonds. The summed E-state index contributed by atoms with van der Waals surface area (Å²) in [6.07, 6.45) is 12.4. The van der Waals surface area contributed by atoms with E-state index in [1.165, 1.54) is 93.3 Å². The summed E-state index contributed by atoms with van der Waals surface area (Å²) < 4.78 is 0. The summed E-state index contributed by atoms with van der Waals surface area (Å²) in [5, 5.41) is 0. The van der Waals surface area contributed by atoms with Crippen LogP contribution in [0.3, 0.4) is 0 Å². The van der Waals surface area contributed by atoms with Crippen LogP contribution in [-0.4, -0.2) is 0 Å². The molecule has 0 saturated carbocycles. The van der Waals surface area contributed by atoms with E-state index >= 15 is 0 Å². The topological polar surface area (TPSA) is 52.0 Å². The molecule has 0 bridgehead atoms. The maximum atomic E-state index is 5.87. The Hall–Kier alpha value is -5.08. The van der Waals surface area contributed by atoms with E-state index in [2.05, 4.69) is 122 Å². The van der Waals surface area contributed by atoms with Crippen molar-refractivity contribution in [2.75, 3.05) is 11.5 Å². The van der Waals surface area contributed by atoms with Gasteiger partial charge in [-0.25, -0.2) is 0 Å². The Kier molecular flexibility index (Phi) is 12.2. The first-order valence-corrected chi connectivity index (χ1v) is 18.5. The molecule has 6 aromatic carbocycles. The number of unbranched alkanes of at least 4 members (excludes halogenated alkanes) is 4. The van der Waals surface area contributed by atoms with E-state index in [0.717, 1.165) is 49.9 Å². The van der Waals surface area contributed by atoms with Gasteiger partial charge in [-0.05, 0) is 130 Å². The second-order valence-electron chi connectivity index (χ2n) is 14.1. The average molecular weight is 657 g/mol. The van der Waals surface area contributed by atoms with Crippen LogP contribution in [0.1, 0.15) is 100 Å². The second-order valence-corrected chi connectivity index (χ2v) is 14.1. The van der Waals surface area contributed by atoms with Crippen molar-refractivity contribution in [3.63, 3.8) is 0 Å². The van der Waals surface area contributed by atoms with E-state index in [1.807, 2.05) is 24.3 Å². The van der Waals surface area contributed by atoms with Gasteiger partial charge in [0.1, 0.15) is 0 Å². The zero-order valence-corrected chi connectivity index (χ0v) is 29.7. The molecule has 6 rings (SSSR count). The van der Waals surface area contributed by atoms with Gasteiger partial charge < -0.3 is 11.5 Å². The van der Waals surface area contributed by atoms with Crippen LogP contribution in [-0.2, 0) is 38.5 Å². The number of nitrogens with two attached hydrogens (primary N) is 2. The van der Waals surface area contributed by atoms with Crippen molar-refractivity contribution in [2.45, 2.75) is 77.6 Å². The Balaban J connectivity index is 1.08. The zero-order valence-electron chi connectivity index (χ0n) is 29.7. The number of benzene rings is 6. The maximum absolute atomic E-state index is 5.87. The fourth-order valence-electron chi connectivity index (χ4n) is 6.87. The molecule has 0 unspecified atom stereocenters. The largest absolute Gasteiger partial charge is 0.399 e. The first-order chi connectivity index (χ1) is 24.5. The summed E-state index contributed by atoms with van der Waals surface area (Å²) in [5.74, 6) is 0. The van der Waals surface area contributed by atoms with Crippen LogP contribution in [0.5, 0.6) is 0 Å². The number of rotatable bonds is 16. The Labute approximate surface area is 300 Å². The number of hydrogen-bond donors (Lipinski definition) is 2. The van der Waals surface area contributed by atoms with Gasteiger partial charge in [-0.15, -0.1) is 0 Å². The highest BCUT2D eigenvalue weighted by molar-refractivity contribution is 5.43. The van der Waals surface area contributed by atoms with Gasteiger partial charge in [0.25, 0.3) is 0 Å². The molecule has 0 heterocycles. The number of aryl methyl sites for hydroxylation is 1. The first kappa shape index (κ1) is 34.8. The van der Waals surface area contributed by atoms with Gasteiger partial charge in [0, 0.05) is 11.4 Å². The van der Waals surface area contributed by atoms with E-state index in [1.54, 1.807) is 0 Å². The number of nitrogen functional groups attached to an aromatic ring is 2. The van der Waals surface area contributed by atoms with E-state index in [-0.39, 0.29) is 0 Å². The van der Waals surface area contributed by atoms with E-state index in [9.17, 15) is 0 Å². The van der Waals surface area contributed by atoms with Crippen LogP contribution in [0.4, 0.5) is 11.4 Å². The van der Waals surface area contributed by atoms with Crippen molar-refractivity contribution in [1.29, 1.82) is 0 Å². The molecule has 4 N–H and O–H groups in total. The monoisotopic (exact) mass is 656 g/mol. The quantitative estimate of drug-likeness (QED) is 0.0804. The van der Waals surface area contributed by atoms with Crippen LogP contribution in [0.25, 0.3) is 0 Å². The molecule has 0 aliphatic carbocycles. The SMILES string of the molecule is CCCCCCCc1cc(Cc2ccc(Cc3ccc(Cc4ccc(N)cc4)cc3)cc2)ccc1Cc1ccc(Cc2ccc(N)cc2)cc1. The van der Waals surface area contributed by atoms with Crippen molar-refractivity contribution in [3.8, 4) is 0 Å². The average Bonchev–Trinajstić information content (AvgIpc) is 3.13. The number of hydrogen-bond acceptors (Lipinski definition) is 2. The van der Waals surface area contributed by atoms with Crippen molar-refractivity contribution >= 4 is 11.4 Å². The van der Waals surface area contributed by atoms with Gasteiger partial charge in [-0.3, -0.25) is 0 Å². The van der Waals surface area contributed by atoms with Crippen molar-refractivity contribution < 1.29 is 0 Å². The van der Waals surface area contributed by atoms with Crippen LogP contribution in [0.2, 0.25) is 0 Å². The summed E-state index contributed by atoms with van der Waals surface area (Å²) in [4.78, 5) is 0. The van der Waals surface area contributed by atoms with Crippen LogP contribution < -0.4 is 11.5 Å². The van der Waals surface area contributed by atoms with Gasteiger partial charge in [-0.1, -0.05) is 148 Å². The second kappa shape index (κ2) is 17.5. The van der Waals surface area contributed by atoms with Crippen molar-refractivity contribution in [2.24, 2.45) is 0 Å². The standard InChI is InChI=1S/C48H52N2/c1-2-3-4-5-6-7-45-35-44(20-25-46(45)34-43-18-16-39(17-19-43)32-42-23-28-48(50)29-24-42)33-40-14-12-37(13-15-40)30-36-8-10-38(11-9-36)31-41-21-26-47(49)27-22-41/h8-29,35H,2-7,30-34,49-50H2,1H3. The molecule has 0 aromatic heterocycles. The third-order valence-corrected chi connectivity index (χ3v) is 9.88. The lowest BCUT2D eigenvalue weighted by Gasteiger charge is -2.14. The van der Waals surface area contributed by atoms with E-state index in [0.29, 0.717) is 0 Å². The normalized spacial score (nSPS) is 11.1. The fraction of sp³-hybridized carbons (Fsp3) is 0.250. The third kappa shape index (κ3) is 10.5. The van der Waals surface area contributed by atoms with Crippen LogP contribution in [0, 0.1) is 0 Å². The van der Waals surface area contributed by atoms with Crippen LogP contribution in [0.15, 0.2) is 140 Å². The predicted octanol–water partition coefficient (Wildman–Crippen LogP) is 11.3. The zero-order chi connectivity index (χ0) is 34.5. The van der Waals surface area contributed by atoms with Gasteiger partial charge in [0.15, 0.2) is 0 Å². The third-order valence-electron chi connectivity index (χ3n) is 9.88. The predicted molar refractivity (Wildman–Crippen MR) is 214 cm³/mol. The van der Waals surface area contributed by atoms with Gasteiger partial charge >= 0.3 is 0 Å². The highest BCUT2D eigenvalue weighted by Crippen LogP contribution is 2.23. The van der Waals surface area contributed by atoms with Gasteiger partial charge in [0.05, 0.1) is 0 Å². The lowest BCUT2D eigenvalue weighted by atomic mass is 9.91. The molecule has 50 heavy (non-hydrogen) atoms. The Bertz CT molecular complexity index is 1900. The van der Waals surface area contributed by atoms with Crippen LogP contribution >= 0.6 is 0 Å². The molecule has 2 nitrogen and oxygen atoms in total. The first-order valence-electron chi connectivity index (χ1n) is 18.5. The molecule has 254 valence electrons. The molecule has 0 atom stereocenters. The molecule has 0 aliphatic heterocycles. The summed E-state index contributed by atoms with van der Waals surface area (Å²) in [6, 6.07) is 51.1. The Morgan fingerprint density at radius 1 is 0.320 bits per heavy atom. The Morgan fingerprint density at radius 2 is 0.640 bits per heavy atom. The van der Waals surface area contributed by atoms with Gasteiger partial charge in [-0.2, -0.15) is 0 Å². The minimum atomic E-state index is 0.811. The molecule has 0 fully saturated rings. The molecule has 6 aromatic rings. The van der Waals surface area contributed by atoms with E-state index in [4.69, 9.17) is 11.5 Å². The molecule has 0 spiro atoms. The van der Waals surface area contributed by atoms with E-state index < -0.39 is 0 Å². The minimum Gasteiger partial charge on any atom is -0.399 e. The summed E-state index contributed by atoms with van der Waals surface area (Å²) in [5.41, 5.74) is 28.4. The van der Waals surface area contributed by atoms with Crippen molar-refractivity contribution in [1.82, 2.24) is 0 Å². The lowest BCUT2D eigenvalue weighted by molar-refractivity contribution is 0.631. The molecular formula is C48H52N2. The fourth-order valence-corrected chi connectivity index (χ4v) is 6.87. The molecule has 2 heteroatoms. The number of anilines is 2. The minimum absolute atomic E-state index is 0.811. The highest BCUT2D eigenvalue weighted by atomic mass is 14.5. The highest BCUT2D eigenvalue weighted by Gasteiger charge is 2.09. The molecular weight excluding hydrogens is 605 g/mol. The summed E-state index contributed by atoms with van der Waals surface area (Å²) in [7, 11) is 0. The van der Waals surface area contributed by atoms with Gasteiger partial charge in [0.2, 0.25) is 0 Å². The summed E-state index contributed by atoms with van der Waals surface area (Å²) in [6.45, 7) is 2.29. The van der Waals surface area contributed by atoms with Crippen molar-refractivity contribution in [3.05, 3.63) is 201 Å². The summed E-state index contributed by atoms with van der Waals surface area (Å²) >= 11 is 0. The molecule has 0 saturated heterocycles. The lowest BCUT2D eigenvalue weighted by Crippen LogP contribution is -2.00. The smallest absolute Gasteiger partial charge is 0.0314 e.